The highest BCUT2D eigenvalue weighted by molar-refractivity contribution is 6.07. The van der Waals surface area contributed by atoms with Crippen LogP contribution >= 0.6 is 24.8 Å². The molecule has 5 heterocycles. The summed E-state index contributed by atoms with van der Waals surface area (Å²) in [5.74, 6) is 1.21. The Bertz CT molecular complexity index is 1690. The normalized spacial score (nSPS) is 21.2. The smallest absolute Gasteiger partial charge is 0.250 e. The lowest BCUT2D eigenvalue weighted by Gasteiger charge is -2.47. The third-order valence-electron chi connectivity index (χ3n) is 8.81. The lowest BCUT2D eigenvalue weighted by Crippen LogP contribution is -2.63. The maximum atomic E-state index is 14.3. The van der Waals surface area contributed by atoms with Gasteiger partial charge in [-0.25, -0.2) is 0 Å². The minimum absolute atomic E-state index is 0. The summed E-state index contributed by atoms with van der Waals surface area (Å²) in [6.45, 7) is 4.96. The van der Waals surface area contributed by atoms with Gasteiger partial charge in [-0.3, -0.25) is 14.5 Å². The van der Waals surface area contributed by atoms with Crippen molar-refractivity contribution in [3.63, 3.8) is 0 Å². The van der Waals surface area contributed by atoms with Crippen LogP contribution in [-0.2, 0) is 22.6 Å². The van der Waals surface area contributed by atoms with Crippen LogP contribution in [0.15, 0.2) is 66.7 Å². The molecule has 0 bridgehead atoms. The molecule has 8 rings (SSSR count). The molecule has 0 saturated carbocycles. The monoisotopic (exact) mass is 621 g/mol. The number of para-hydroxylation sites is 1. The zero-order valence-electron chi connectivity index (χ0n) is 23.5. The maximum absolute atomic E-state index is 14.3. The summed E-state index contributed by atoms with van der Waals surface area (Å²) in [7, 11) is 0. The molecule has 2 N–H and O–H groups in total. The van der Waals surface area contributed by atoms with E-state index in [1.807, 2.05) is 48.5 Å². The Morgan fingerprint density at radius 1 is 0.884 bits per heavy atom. The molecule has 2 fully saturated rings. The second-order valence-electron chi connectivity index (χ2n) is 11.2. The zero-order valence-corrected chi connectivity index (χ0v) is 25.1. The van der Waals surface area contributed by atoms with Gasteiger partial charge in [0.2, 0.25) is 12.7 Å². The van der Waals surface area contributed by atoms with Crippen molar-refractivity contribution in [1.29, 1.82) is 0 Å². The van der Waals surface area contributed by atoms with Gasteiger partial charge < -0.3 is 29.6 Å². The number of benzene rings is 3. The molecule has 2 atom stereocenters. The molecule has 0 spiro atoms. The van der Waals surface area contributed by atoms with E-state index in [1.54, 1.807) is 9.80 Å². The molecular weight excluding hydrogens is 589 g/mol. The average Bonchev–Trinajstić information content (AvgIpc) is 3.63. The summed E-state index contributed by atoms with van der Waals surface area (Å²) in [6, 6.07) is 21.0. The first kappa shape index (κ1) is 29.3. The van der Waals surface area contributed by atoms with Gasteiger partial charge in [-0.2, -0.15) is 0 Å². The topological polar surface area (TPSA) is 90.1 Å². The minimum Gasteiger partial charge on any atom is -0.454 e. The largest absolute Gasteiger partial charge is 0.454 e. The van der Waals surface area contributed by atoms with Gasteiger partial charge in [-0.15, -0.1) is 24.8 Å². The fourth-order valence-electron chi connectivity index (χ4n) is 6.86. The van der Waals surface area contributed by atoms with Crippen LogP contribution in [0.4, 0.5) is 5.69 Å². The molecular formula is C32H33Cl2N5O4. The van der Waals surface area contributed by atoms with Crippen molar-refractivity contribution < 1.29 is 19.1 Å². The second kappa shape index (κ2) is 11.7. The average molecular weight is 623 g/mol. The Morgan fingerprint density at radius 3 is 2.56 bits per heavy atom. The Labute approximate surface area is 261 Å². The maximum Gasteiger partial charge on any atom is 0.250 e. The molecule has 0 unspecified atom stereocenters. The molecule has 11 heteroatoms. The number of rotatable bonds is 4. The summed E-state index contributed by atoms with van der Waals surface area (Å²) >= 11 is 0. The van der Waals surface area contributed by atoms with Crippen molar-refractivity contribution in [3.05, 3.63) is 89.1 Å². The van der Waals surface area contributed by atoms with Crippen LogP contribution in [0.25, 0.3) is 10.9 Å². The summed E-state index contributed by atoms with van der Waals surface area (Å²) in [5, 5.41) is 4.48. The molecule has 224 valence electrons. The van der Waals surface area contributed by atoms with Crippen molar-refractivity contribution >= 4 is 53.2 Å². The number of amides is 2. The number of aromatic amines is 1. The predicted octanol–water partition coefficient (Wildman–Crippen LogP) is 4.03. The van der Waals surface area contributed by atoms with E-state index in [-0.39, 0.29) is 50.0 Å². The third kappa shape index (κ3) is 5.00. The first-order chi connectivity index (χ1) is 20.1. The number of halogens is 2. The first-order valence-corrected chi connectivity index (χ1v) is 14.3. The number of ether oxygens (including phenoxy) is 2. The molecule has 2 saturated heterocycles. The van der Waals surface area contributed by atoms with Crippen LogP contribution in [0, 0.1) is 0 Å². The lowest BCUT2D eigenvalue weighted by molar-refractivity contribution is -0.145. The van der Waals surface area contributed by atoms with Crippen molar-refractivity contribution in [2.24, 2.45) is 0 Å². The molecule has 0 aliphatic carbocycles. The Balaban J connectivity index is 0.00000165. The van der Waals surface area contributed by atoms with Gasteiger partial charge in [-0.1, -0.05) is 36.4 Å². The SMILES string of the molecule is Cl.Cl.O=C1[C@H]2Cc3c([nH]c4ccccc34)[C@@H](c3ccc4c(c3)OCO4)N2C(=O)CN1c1cccc(CN2CCNCC2)c1. The number of nitrogens with zero attached hydrogens (tertiary/aromatic N) is 3. The minimum atomic E-state index is -0.616. The third-order valence-corrected chi connectivity index (χ3v) is 8.81. The van der Waals surface area contributed by atoms with Crippen molar-refractivity contribution in [1.82, 2.24) is 20.1 Å². The number of anilines is 1. The van der Waals surface area contributed by atoms with E-state index in [0.717, 1.165) is 71.7 Å². The predicted molar refractivity (Wildman–Crippen MR) is 168 cm³/mol. The van der Waals surface area contributed by atoms with Gasteiger partial charge in [0, 0.05) is 61.4 Å². The number of carbonyl (C=O) groups is 2. The van der Waals surface area contributed by atoms with Gasteiger partial charge in [0.05, 0.1) is 6.04 Å². The van der Waals surface area contributed by atoms with Crippen molar-refractivity contribution in [2.75, 3.05) is 44.4 Å². The van der Waals surface area contributed by atoms with Gasteiger partial charge in [-0.05, 0) is 47.0 Å². The number of fused-ring (bicyclic) bond motifs is 5. The molecule has 4 aromatic rings. The summed E-state index contributed by atoms with van der Waals surface area (Å²) in [4.78, 5) is 37.8. The Hall–Kier alpha value is -3.76. The van der Waals surface area contributed by atoms with E-state index < -0.39 is 12.1 Å². The number of hydrogen-bond donors (Lipinski definition) is 2. The van der Waals surface area contributed by atoms with Crippen LogP contribution in [0.5, 0.6) is 11.5 Å². The number of carbonyl (C=O) groups excluding carboxylic acids is 2. The van der Waals surface area contributed by atoms with Gasteiger partial charge >= 0.3 is 0 Å². The standard InChI is InChI=1S/C32H31N5O4.2ClH/c38-29-18-36(22-5-3-4-20(14-22)17-35-12-10-33-11-13-35)32(39)26-16-24-23-6-1-2-7-25(23)34-30(24)31(37(26)29)21-8-9-27-28(15-21)41-19-40-27;;/h1-9,14-15,26,31,33-34H,10-13,16-19H2;2*1H/t26-,31-;;/m1../s1. The second-order valence-corrected chi connectivity index (χ2v) is 11.2. The fraction of sp³-hybridized carbons (Fsp3) is 0.312. The van der Waals surface area contributed by atoms with Gasteiger partial charge in [0.1, 0.15) is 12.6 Å². The van der Waals surface area contributed by atoms with Crippen LogP contribution in [0.3, 0.4) is 0 Å². The van der Waals surface area contributed by atoms with Crippen molar-refractivity contribution in [3.8, 4) is 11.5 Å². The molecule has 0 radical (unpaired) electrons. The molecule has 2 amide bonds. The van der Waals surface area contributed by atoms with Gasteiger partial charge in [0.15, 0.2) is 11.5 Å². The molecule has 9 nitrogen and oxygen atoms in total. The molecule has 1 aromatic heterocycles. The summed E-state index contributed by atoms with van der Waals surface area (Å²) < 4.78 is 11.2. The summed E-state index contributed by atoms with van der Waals surface area (Å²) in [5.41, 5.74) is 5.85. The lowest BCUT2D eigenvalue weighted by atomic mass is 9.86. The van der Waals surface area contributed by atoms with Crippen LogP contribution in [-0.4, -0.2) is 72.2 Å². The van der Waals surface area contributed by atoms with Crippen LogP contribution < -0.4 is 19.7 Å². The van der Waals surface area contributed by atoms with Crippen LogP contribution in [0.1, 0.15) is 28.4 Å². The molecule has 4 aliphatic rings. The number of hydrogen-bond acceptors (Lipinski definition) is 6. The van der Waals surface area contributed by atoms with Crippen molar-refractivity contribution in [2.45, 2.75) is 25.0 Å². The number of nitrogens with one attached hydrogen (secondary N) is 2. The van der Waals surface area contributed by atoms with Gasteiger partial charge in [0.25, 0.3) is 5.91 Å². The zero-order chi connectivity index (χ0) is 27.5. The fourth-order valence-corrected chi connectivity index (χ4v) is 6.86. The van der Waals surface area contributed by atoms with E-state index in [4.69, 9.17) is 9.47 Å². The van der Waals surface area contributed by atoms with E-state index in [9.17, 15) is 9.59 Å². The number of H-pyrrole nitrogens is 1. The summed E-state index contributed by atoms with van der Waals surface area (Å²) in [6.07, 6.45) is 0.460. The highest BCUT2D eigenvalue weighted by Crippen LogP contribution is 2.45. The number of piperazine rings is 2. The quantitative estimate of drug-likeness (QED) is 0.358. The van der Waals surface area contributed by atoms with E-state index in [2.05, 4.69) is 33.4 Å². The highest BCUT2D eigenvalue weighted by atomic mass is 35.5. The molecule has 43 heavy (non-hydrogen) atoms. The Kier molecular flexibility index (Phi) is 8.00. The highest BCUT2D eigenvalue weighted by Gasteiger charge is 2.48. The number of aromatic nitrogens is 1. The molecule has 4 aliphatic heterocycles. The van der Waals surface area contributed by atoms with E-state index in [0.29, 0.717) is 17.9 Å². The van der Waals surface area contributed by atoms with E-state index >= 15 is 0 Å². The molecule has 3 aromatic carbocycles. The van der Waals surface area contributed by atoms with E-state index in [1.165, 1.54) is 0 Å². The first-order valence-electron chi connectivity index (χ1n) is 14.3. The van der Waals surface area contributed by atoms with Crippen LogP contribution in [0.2, 0.25) is 0 Å². The Morgan fingerprint density at radius 2 is 1.70 bits per heavy atom.